The highest BCUT2D eigenvalue weighted by Gasteiger charge is 2.14. The fourth-order valence-electron chi connectivity index (χ4n) is 2.85. The summed E-state index contributed by atoms with van der Waals surface area (Å²) in [5.41, 5.74) is 7.18. The average Bonchev–Trinajstić information content (AvgIpc) is 2.70. The molecule has 142 valence electrons. The van der Waals surface area contributed by atoms with Gasteiger partial charge in [0.2, 0.25) is 5.91 Å². The topological polar surface area (TPSA) is 75.4 Å². The summed E-state index contributed by atoms with van der Waals surface area (Å²) in [6, 6.07) is 23.1. The highest BCUT2D eigenvalue weighted by Crippen LogP contribution is 2.18. The minimum absolute atomic E-state index is 0.0855. The van der Waals surface area contributed by atoms with E-state index in [1.807, 2.05) is 65.6 Å². The number of nitrogens with zero attached hydrogens (tertiary/aromatic N) is 1. The molecule has 2 amide bonds. The number of anilines is 2. The van der Waals surface area contributed by atoms with Gasteiger partial charge < -0.3 is 16.0 Å². The summed E-state index contributed by atoms with van der Waals surface area (Å²) in [5.74, 6) is -1.90. The van der Waals surface area contributed by atoms with Gasteiger partial charge in [-0.15, -0.1) is 0 Å². The summed E-state index contributed by atoms with van der Waals surface area (Å²) in [6.07, 6.45) is 0. The van der Waals surface area contributed by atoms with Gasteiger partial charge >= 0.3 is 0 Å². The molecule has 28 heavy (non-hydrogen) atoms. The van der Waals surface area contributed by atoms with Crippen LogP contribution >= 0.6 is 0 Å². The summed E-state index contributed by atoms with van der Waals surface area (Å²) < 4.78 is 13.6. The van der Waals surface area contributed by atoms with Gasteiger partial charge in [-0.2, -0.15) is 0 Å². The zero-order valence-electron chi connectivity index (χ0n) is 15.1. The quantitative estimate of drug-likeness (QED) is 0.661. The Labute approximate surface area is 162 Å². The van der Waals surface area contributed by atoms with Crippen LogP contribution in [0.3, 0.4) is 0 Å². The second-order valence-corrected chi connectivity index (χ2v) is 6.28. The maximum atomic E-state index is 13.6. The fourth-order valence-corrected chi connectivity index (χ4v) is 2.85. The van der Waals surface area contributed by atoms with Crippen molar-refractivity contribution in [3.8, 4) is 0 Å². The molecule has 3 aromatic rings. The van der Waals surface area contributed by atoms with Gasteiger partial charge in [0.05, 0.1) is 12.1 Å². The van der Waals surface area contributed by atoms with Crippen LogP contribution in [-0.2, 0) is 11.3 Å². The van der Waals surface area contributed by atoms with Crippen LogP contribution in [0.15, 0.2) is 78.9 Å². The van der Waals surface area contributed by atoms with Gasteiger partial charge in [-0.25, -0.2) is 4.39 Å². The Hall–Kier alpha value is -3.67. The summed E-state index contributed by atoms with van der Waals surface area (Å²) in [4.78, 5) is 25.8. The molecule has 0 saturated heterocycles. The van der Waals surface area contributed by atoms with Gasteiger partial charge in [0.15, 0.2) is 0 Å². The molecule has 6 heteroatoms. The average molecular weight is 377 g/mol. The van der Waals surface area contributed by atoms with E-state index in [-0.39, 0.29) is 18.0 Å². The first-order chi connectivity index (χ1) is 13.5. The van der Waals surface area contributed by atoms with Crippen molar-refractivity contribution in [1.29, 1.82) is 0 Å². The number of halogens is 1. The van der Waals surface area contributed by atoms with Crippen LogP contribution in [0.4, 0.5) is 15.8 Å². The molecule has 0 aliphatic heterocycles. The second-order valence-electron chi connectivity index (χ2n) is 6.28. The van der Waals surface area contributed by atoms with E-state index in [9.17, 15) is 14.0 Å². The lowest BCUT2D eigenvalue weighted by atomic mass is 10.1. The lowest BCUT2D eigenvalue weighted by Gasteiger charge is -2.24. The Bertz CT molecular complexity index is 962. The van der Waals surface area contributed by atoms with E-state index in [1.54, 1.807) is 0 Å². The van der Waals surface area contributed by atoms with Gasteiger partial charge in [0, 0.05) is 17.9 Å². The van der Waals surface area contributed by atoms with Crippen molar-refractivity contribution < 1.29 is 14.0 Å². The van der Waals surface area contributed by atoms with Gasteiger partial charge in [-0.05, 0) is 35.9 Å². The van der Waals surface area contributed by atoms with Crippen LogP contribution in [-0.4, -0.2) is 18.4 Å². The molecule has 0 aromatic heterocycles. The number of rotatable bonds is 7. The SMILES string of the molecule is NC(=O)c1cc(NC(=O)CN(Cc2ccccc2)c2ccccc2)ccc1F. The Balaban J connectivity index is 1.76. The minimum Gasteiger partial charge on any atom is -0.366 e. The number of hydrogen-bond acceptors (Lipinski definition) is 3. The third kappa shape index (κ3) is 4.94. The number of carbonyl (C=O) groups excluding carboxylic acids is 2. The van der Waals surface area contributed by atoms with Crippen LogP contribution in [0, 0.1) is 5.82 Å². The van der Waals surface area contributed by atoms with E-state index >= 15 is 0 Å². The number of amides is 2. The van der Waals surface area contributed by atoms with Crippen LogP contribution in [0.25, 0.3) is 0 Å². The number of primary amides is 1. The summed E-state index contributed by atoms with van der Waals surface area (Å²) in [5, 5.41) is 2.70. The largest absolute Gasteiger partial charge is 0.366 e. The molecule has 0 aliphatic carbocycles. The molecule has 0 fully saturated rings. The van der Waals surface area contributed by atoms with E-state index in [2.05, 4.69) is 5.32 Å². The van der Waals surface area contributed by atoms with Crippen LogP contribution < -0.4 is 16.0 Å². The Morgan fingerprint density at radius 1 is 0.929 bits per heavy atom. The summed E-state index contributed by atoms with van der Waals surface area (Å²) >= 11 is 0. The first kappa shape index (κ1) is 19.1. The van der Waals surface area contributed by atoms with Gasteiger partial charge in [0.1, 0.15) is 5.82 Å². The van der Waals surface area contributed by atoms with Crippen molar-refractivity contribution in [1.82, 2.24) is 0 Å². The molecule has 5 nitrogen and oxygen atoms in total. The number of hydrogen-bond donors (Lipinski definition) is 2. The van der Waals surface area contributed by atoms with Crippen molar-refractivity contribution in [2.45, 2.75) is 6.54 Å². The molecular formula is C22H20FN3O2. The number of benzene rings is 3. The second kappa shape index (κ2) is 8.81. The molecule has 3 aromatic carbocycles. The Kier molecular flexibility index (Phi) is 6.01. The zero-order valence-corrected chi connectivity index (χ0v) is 15.1. The minimum atomic E-state index is -0.886. The van der Waals surface area contributed by atoms with Crippen molar-refractivity contribution >= 4 is 23.2 Å². The Morgan fingerprint density at radius 2 is 1.57 bits per heavy atom. The molecule has 0 bridgehead atoms. The maximum absolute atomic E-state index is 13.6. The molecule has 0 radical (unpaired) electrons. The zero-order chi connectivity index (χ0) is 19.9. The molecule has 3 rings (SSSR count). The predicted molar refractivity (Wildman–Crippen MR) is 107 cm³/mol. The fraction of sp³-hybridized carbons (Fsp3) is 0.0909. The lowest BCUT2D eigenvalue weighted by molar-refractivity contribution is -0.115. The normalized spacial score (nSPS) is 10.3. The highest BCUT2D eigenvalue weighted by molar-refractivity contribution is 5.97. The standard InChI is InChI=1S/C22H20FN3O2/c23-20-12-11-17(13-19(20)22(24)28)25-21(27)15-26(18-9-5-2-6-10-18)14-16-7-3-1-4-8-16/h1-13H,14-15H2,(H2,24,28)(H,25,27). The molecule has 0 aliphatic rings. The molecule has 0 saturated carbocycles. The van der Waals surface area contributed by atoms with Gasteiger partial charge in [-0.1, -0.05) is 48.5 Å². The van der Waals surface area contributed by atoms with Crippen LogP contribution in [0.1, 0.15) is 15.9 Å². The number of nitrogens with two attached hydrogens (primary N) is 1. The lowest BCUT2D eigenvalue weighted by Crippen LogP contribution is -2.33. The van der Waals surface area contributed by atoms with E-state index in [0.717, 1.165) is 17.3 Å². The third-order valence-corrected chi connectivity index (χ3v) is 4.19. The van der Waals surface area contributed by atoms with Gasteiger partial charge in [-0.3, -0.25) is 9.59 Å². The number of nitrogens with one attached hydrogen (secondary N) is 1. The third-order valence-electron chi connectivity index (χ3n) is 4.19. The smallest absolute Gasteiger partial charge is 0.251 e. The molecular weight excluding hydrogens is 357 g/mol. The predicted octanol–water partition coefficient (Wildman–Crippen LogP) is 3.57. The number of para-hydroxylation sites is 1. The Morgan fingerprint density at radius 3 is 2.21 bits per heavy atom. The van der Waals surface area contributed by atoms with Crippen molar-refractivity contribution in [2.75, 3.05) is 16.8 Å². The van der Waals surface area contributed by atoms with Crippen LogP contribution in [0.5, 0.6) is 0 Å². The number of carbonyl (C=O) groups is 2. The van der Waals surface area contributed by atoms with Gasteiger partial charge in [0.25, 0.3) is 5.91 Å². The van der Waals surface area contributed by atoms with Crippen LogP contribution in [0.2, 0.25) is 0 Å². The molecule has 0 atom stereocenters. The molecule has 0 unspecified atom stereocenters. The first-order valence-electron chi connectivity index (χ1n) is 8.76. The van der Waals surface area contributed by atoms with Crippen molar-refractivity contribution in [2.24, 2.45) is 5.73 Å². The highest BCUT2D eigenvalue weighted by atomic mass is 19.1. The van der Waals surface area contributed by atoms with E-state index in [4.69, 9.17) is 5.73 Å². The van der Waals surface area contributed by atoms with Crippen molar-refractivity contribution in [3.63, 3.8) is 0 Å². The monoisotopic (exact) mass is 377 g/mol. The molecule has 3 N–H and O–H groups in total. The summed E-state index contributed by atoms with van der Waals surface area (Å²) in [7, 11) is 0. The van der Waals surface area contributed by atoms with E-state index < -0.39 is 11.7 Å². The molecule has 0 heterocycles. The van der Waals surface area contributed by atoms with E-state index in [0.29, 0.717) is 12.2 Å². The van der Waals surface area contributed by atoms with E-state index in [1.165, 1.54) is 12.1 Å². The first-order valence-corrected chi connectivity index (χ1v) is 8.76. The summed E-state index contributed by atoms with van der Waals surface area (Å²) in [6.45, 7) is 0.635. The van der Waals surface area contributed by atoms with Crippen molar-refractivity contribution in [3.05, 3.63) is 95.8 Å². The molecule has 0 spiro atoms. The maximum Gasteiger partial charge on any atom is 0.251 e.